The molecule has 0 aliphatic heterocycles. The van der Waals surface area contributed by atoms with Gasteiger partial charge in [0.1, 0.15) is 0 Å². The van der Waals surface area contributed by atoms with Crippen LogP contribution in [0.15, 0.2) is 30.3 Å². The Kier molecular flexibility index (Phi) is 10.7. The minimum absolute atomic E-state index is 0.0540. The zero-order valence-corrected chi connectivity index (χ0v) is 12.9. The highest BCUT2D eigenvalue weighted by Gasteiger charge is 2.02. The fourth-order valence-corrected chi connectivity index (χ4v) is 1.89. The molecule has 0 unspecified atom stereocenters. The molecule has 0 fully saturated rings. The maximum absolute atomic E-state index is 8.52. The lowest BCUT2D eigenvalue weighted by atomic mass is 10.3. The van der Waals surface area contributed by atoms with Gasteiger partial charge in [-0.1, -0.05) is 18.2 Å². The Bertz CT molecular complexity index is 334. The monoisotopic (exact) mass is 297 g/mol. The molecule has 0 atom stereocenters. The molecule has 0 aliphatic rings. The third-order valence-corrected chi connectivity index (χ3v) is 2.99. The molecule has 0 aromatic heterocycles. The van der Waals surface area contributed by atoms with Crippen LogP contribution < -0.4 is 4.90 Å². The van der Waals surface area contributed by atoms with E-state index in [0.717, 1.165) is 13.1 Å². The summed E-state index contributed by atoms with van der Waals surface area (Å²) in [4.78, 5) is 2.28. The van der Waals surface area contributed by atoms with Gasteiger partial charge in [0.2, 0.25) is 0 Å². The minimum atomic E-state index is 0.0540. The quantitative estimate of drug-likeness (QED) is 0.560. The average molecular weight is 297 g/mol. The predicted molar refractivity (Wildman–Crippen MR) is 83.9 cm³/mol. The van der Waals surface area contributed by atoms with E-state index in [2.05, 4.69) is 24.0 Å². The molecule has 21 heavy (non-hydrogen) atoms. The molecule has 0 aliphatic carbocycles. The summed E-state index contributed by atoms with van der Waals surface area (Å²) in [6.07, 6.45) is 0. The van der Waals surface area contributed by atoms with E-state index in [-0.39, 0.29) is 6.61 Å². The Morgan fingerprint density at radius 2 is 1.43 bits per heavy atom. The molecule has 5 heteroatoms. The molecule has 1 aromatic rings. The highest BCUT2D eigenvalue weighted by Crippen LogP contribution is 2.11. The van der Waals surface area contributed by atoms with E-state index < -0.39 is 0 Å². The Balaban J connectivity index is 1.98. The number of anilines is 1. The van der Waals surface area contributed by atoms with Crippen LogP contribution in [0.5, 0.6) is 0 Å². The van der Waals surface area contributed by atoms with Crippen molar-refractivity contribution in [3.8, 4) is 0 Å². The van der Waals surface area contributed by atoms with E-state index in [1.54, 1.807) is 0 Å². The molecule has 1 rings (SSSR count). The van der Waals surface area contributed by atoms with Crippen LogP contribution in [-0.2, 0) is 14.2 Å². The molecule has 0 radical (unpaired) electrons. The van der Waals surface area contributed by atoms with Crippen molar-refractivity contribution < 1.29 is 19.3 Å². The molecule has 0 amide bonds. The van der Waals surface area contributed by atoms with Crippen molar-refractivity contribution in [2.24, 2.45) is 0 Å². The molecule has 0 spiro atoms. The van der Waals surface area contributed by atoms with E-state index >= 15 is 0 Å². The first-order chi connectivity index (χ1) is 10.4. The lowest BCUT2D eigenvalue weighted by Crippen LogP contribution is -2.27. The molecule has 0 saturated heterocycles. The normalized spacial score (nSPS) is 10.8. The van der Waals surface area contributed by atoms with Crippen molar-refractivity contribution in [3.63, 3.8) is 0 Å². The highest BCUT2D eigenvalue weighted by molar-refractivity contribution is 5.45. The highest BCUT2D eigenvalue weighted by atomic mass is 16.5. The lowest BCUT2D eigenvalue weighted by molar-refractivity contribution is 0.00875. The Morgan fingerprint density at radius 3 is 2.00 bits per heavy atom. The largest absolute Gasteiger partial charge is 0.394 e. The third kappa shape index (κ3) is 8.67. The first-order valence-corrected chi connectivity index (χ1v) is 7.52. The number of nitrogens with zero attached hydrogens (tertiary/aromatic N) is 1. The molecule has 5 nitrogen and oxygen atoms in total. The Labute approximate surface area is 127 Å². The number of aliphatic hydroxyl groups is 1. The second-order valence-corrected chi connectivity index (χ2v) is 4.48. The van der Waals surface area contributed by atoms with Crippen molar-refractivity contribution in [3.05, 3.63) is 30.3 Å². The van der Waals surface area contributed by atoms with Crippen LogP contribution in [-0.4, -0.2) is 64.4 Å². The Morgan fingerprint density at radius 1 is 0.857 bits per heavy atom. The van der Waals surface area contributed by atoms with Gasteiger partial charge < -0.3 is 24.2 Å². The number of hydrogen-bond donors (Lipinski definition) is 1. The molecule has 0 bridgehead atoms. The van der Waals surface area contributed by atoms with Crippen molar-refractivity contribution in [2.45, 2.75) is 6.92 Å². The van der Waals surface area contributed by atoms with Gasteiger partial charge in [0, 0.05) is 18.8 Å². The SMILES string of the molecule is CCN(CCOCCOCCOCCO)c1ccccc1. The van der Waals surface area contributed by atoms with Gasteiger partial charge in [-0.2, -0.15) is 0 Å². The number of ether oxygens (including phenoxy) is 3. The molecule has 0 saturated carbocycles. The van der Waals surface area contributed by atoms with E-state index in [1.807, 2.05) is 18.2 Å². The number of hydrogen-bond acceptors (Lipinski definition) is 5. The molecule has 0 heterocycles. The predicted octanol–water partition coefficient (Wildman–Crippen LogP) is 1.55. The fourth-order valence-electron chi connectivity index (χ4n) is 1.89. The topological polar surface area (TPSA) is 51.2 Å². The van der Waals surface area contributed by atoms with Crippen LogP contribution in [0, 0.1) is 0 Å². The number of likely N-dealkylation sites (N-methyl/N-ethyl adjacent to an activating group) is 1. The van der Waals surface area contributed by atoms with E-state index in [9.17, 15) is 0 Å². The number of benzene rings is 1. The van der Waals surface area contributed by atoms with Gasteiger partial charge in [-0.3, -0.25) is 0 Å². The van der Waals surface area contributed by atoms with Gasteiger partial charge in [-0.05, 0) is 19.1 Å². The van der Waals surface area contributed by atoms with Crippen LogP contribution in [0.4, 0.5) is 5.69 Å². The second-order valence-electron chi connectivity index (χ2n) is 4.48. The fraction of sp³-hybridized carbons (Fsp3) is 0.625. The maximum atomic E-state index is 8.52. The Hall–Kier alpha value is -1.14. The van der Waals surface area contributed by atoms with Crippen molar-refractivity contribution >= 4 is 5.69 Å². The van der Waals surface area contributed by atoms with Crippen molar-refractivity contribution in [1.82, 2.24) is 0 Å². The summed E-state index contributed by atoms with van der Waals surface area (Å²) in [6, 6.07) is 10.3. The summed E-state index contributed by atoms with van der Waals surface area (Å²) < 4.78 is 16.0. The number of para-hydroxylation sites is 1. The minimum Gasteiger partial charge on any atom is -0.394 e. The zero-order chi connectivity index (χ0) is 15.2. The van der Waals surface area contributed by atoms with Gasteiger partial charge in [-0.25, -0.2) is 0 Å². The molecular formula is C16H27NO4. The van der Waals surface area contributed by atoms with Crippen molar-refractivity contribution in [1.29, 1.82) is 0 Å². The summed E-state index contributed by atoms with van der Waals surface area (Å²) in [5.74, 6) is 0. The van der Waals surface area contributed by atoms with Gasteiger partial charge in [0.25, 0.3) is 0 Å². The standard InChI is InChI=1S/C16H27NO4/c1-2-17(16-6-4-3-5-7-16)8-10-19-12-14-21-15-13-20-11-9-18/h3-7,18H,2,8-15H2,1H3. The van der Waals surface area contributed by atoms with Crippen LogP contribution in [0.2, 0.25) is 0 Å². The first kappa shape index (κ1) is 17.9. The van der Waals surface area contributed by atoms with Crippen LogP contribution in [0.25, 0.3) is 0 Å². The van der Waals surface area contributed by atoms with Crippen LogP contribution >= 0.6 is 0 Å². The van der Waals surface area contributed by atoms with Gasteiger partial charge in [0.05, 0.1) is 46.2 Å². The summed E-state index contributed by atoms with van der Waals surface area (Å²) in [5.41, 5.74) is 1.22. The lowest BCUT2D eigenvalue weighted by Gasteiger charge is -2.22. The van der Waals surface area contributed by atoms with E-state index in [4.69, 9.17) is 19.3 Å². The smallest absolute Gasteiger partial charge is 0.0701 e. The van der Waals surface area contributed by atoms with Gasteiger partial charge in [0.15, 0.2) is 0 Å². The van der Waals surface area contributed by atoms with Crippen molar-refractivity contribution in [2.75, 3.05) is 64.2 Å². The van der Waals surface area contributed by atoms with E-state index in [0.29, 0.717) is 39.6 Å². The summed E-state index contributed by atoms with van der Waals surface area (Å²) >= 11 is 0. The number of rotatable bonds is 13. The summed E-state index contributed by atoms with van der Waals surface area (Å²) in [6.45, 7) is 7.30. The van der Waals surface area contributed by atoms with Gasteiger partial charge >= 0.3 is 0 Å². The zero-order valence-electron chi connectivity index (χ0n) is 12.9. The maximum Gasteiger partial charge on any atom is 0.0701 e. The van der Waals surface area contributed by atoms with E-state index in [1.165, 1.54) is 5.69 Å². The second kappa shape index (κ2) is 12.6. The third-order valence-electron chi connectivity index (χ3n) is 2.99. The number of aliphatic hydroxyl groups excluding tert-OH is 1. The summed E-state index contributed by atoms with van der Waals surface area (Å²) in [5, 5.41) is 8.52. The molecular weight excluding hydrogens is 270 g/mol. The van der Waals surface area contributed by atoms with Crippen LogP contribution in [0.3, 0.4) is 0 Å². The molecule has 1 aromatic carbocycles. The van der Waals surface area contributed by atoms with Crippen LogP contribution in [0.1, 0.15) is 6.92 Å². The molecule has 1 N–H and O–H groups in total. The summed E-state index contributed by atoms with van der Waals surface area (Å²) in [7, 11) is 0. The molecule has 120 valence electrons. The van der Waals surface area contributed by atoms with Gasteiger partial charge in [-0.15, -0.1) is 0 Å². The average Bonchev–Trinajstić information content (AvgIpc) is 2.54. The first-order valence-electron chi connectivity index (χ1n) is 7.52.